The molecular weight excluding hydrogens is 266 g/mol. The summed E-state index contributed by atoms with van der Waals surface area (Å²) in [5, 5.41) is 12.8. The molecule has 0 radical (unpaired) electrons. The molecule has 0 fully saturated rings. The molecule has 1 amide bonds. The summed E-state index contributed by atoms with van der Waals surface area (Å²) < 4.78 is 4.97. The van der Waals surface area contributed by atoms with Gasteiger partial charge in [-0.25, -0.2) is 0 Å². The van der Waals surface area contributed by atoms with E-state index in [1.807, 2.05) is 12.1 Å². The summed E-state index contributed by atoms with van der Waals surface area (Å²) in [4.78, 5) is 12.2. The summed E-state index contributed by atoms with van der Waals surface area (Å²) in [6, 6.07) is 13.0. The highest BCUT2D eigenvalue weighted by atomic mass is 16.5. The van der Waals surface area contributed by atoms with Crippen molar-refractivity contribution in [1.29, 1.82) is 0 Å². The average Bonchev–Trinajstić information content (AvgIpc) is 2.89. The van der Waals surface area contributed by atoms with Crippen molar-refractivity contribution in [3.63, 3.8) is 0 Å². The maximum absolute atomic E-state index is 12.2. The third-order valence-electron chi connectivity index (χ3n) is 3.83. The number of rotatable bonds is 3. The van der Waals surface area contributed by atoms with Crippen molar-refractivity contribution in [1.82, 2.24) is 5.32 Å². The van der Waals surface area contributed by atoms with Gasteiger partial charge in [0, 0.05) is 11.6 Å². The number of aromatic hydroxyl groups is 1. The van der Waals surface area contributed by atoms with Gasteiger partial charge in [-0.3, -0.25) is 4.79 Å². The summed E-state index contributed by atoms with van der Waals surface area (Å²) >= 11 is 0. The number of hydrogen-bond acceptors (Lipinski definition) is 3. The van der Waals surface area contributed by atoms with E-state index in [0.29, 0.717) is 11.3 Å². The standard InChI is InChI=1S/C17H17NO3/c1-21-16-7-6-13(10-15(16)19)17(20)18-14-8-11-4-2-3-5-12(11)9-14/h2-7,10,14,19H,8-9H2,1H3,(H,18,20). The lowest BCUT2D eigenvalue weighted by atomic mass is 10.1. The molecule has 4 heteroatoms. The predicted octanol–water partition coefficient (Wildman–Crippen LogP) is 2.30. The number of phenolic OH excluding ortho intramolecular Hbond substituents is 1. The lowest BCUT2D eigenvalue weighted by Crippen LogP contribution is -2.35. The third kappa shape index (κ3) is 2.70. The van der Waals surface area contributed by atoms with Gasteiger partial charge in [0.15, 0.2) is 11.5 Å². The molecule has 4 nitrogen and oxygen atoms in total. The maximum atomic E-state index is 12.2. The van der Waals surface area contributed by atoms with Crippen LogP contribution in [0.5, 0.6) is 11.5 Å². The highest BCUT2D eigenvalue weighted by Gasteiger charge is 2.23. The molecule has 2 aromatic rings. The lowest BCUT2D eigenvalue weighted by molar-refractivity contribution is 0.0938. The van der Waals surface area contributed by atoms with E-state index in [1.165, 1.54) is 24.3 Å². The van der Waals surface area contributed by atoms with Crippen LogP contribution in [-0.2, 0) is 12.8 Å². The van der Waals surface area contributed by atoms with E-state index >= 15 is 0 Å². The molecule has 0 heterocycles. The molecule has 0 atom stereocenters. The molecule has 0 bridgehead atoms. The van der Waals surface area contributed by atoms with E-state index < -0.39 is 0 Å². The van der Waals surface area contributed by atoms with Crippen LogP contribution in [0.4, 0.5) is 0 Å². The van der Waals surface area contributed by atoms with E-state index in [0.717, 1.165) is 12.8 Å². The molecule has 0 aromatic heterocycles. The molecule has 0 aliphatic heterocycles. The van der Waals surface area contributed by atoms with Crippen molar-refractivity contribution < 1.29 is 14.6 Å². The Balaban J connectivity index is 1.69. The van der Waals surface area contributed by atoms with Gasteiger partial charge in [-0.2, -0.15) is 0 Å². The second-order valence-electron chi connectivity index (χ2n) is 5.23. The van der Waals surface area contributed by atoms with E-state index in [9.17, 15) is 9.90 Å². The van der Waals surface area contributed by atoms with Gasteiger partial charge in [0.2, 0.25) is 0 Å². The van der Waals surface area contributed by atoms with Crippen LogP contribution < -0.4 is 10.1 Å². The predicted molar refractivity (Wildman–Crippen MR) is 79.8 cm³/mol. The first kappa shape index (κ1) is 13.5. The first-order valence-electron chi connectivity index (χ1n) is 6.92. The Hall–Kier alpha value is -2.49. The Morgan fingerprint density at radius 3 is 2.43 bits per heavy atom. The maximum Gasteiger partial charge on any atom is 0.251 e. The molecule has 3 rings (SSSR count). The number of phenols is 1. The number of methoxy groups -OCH3 is 1. The quantitative estimate of drug-likeness (QED) is 0.908. The molecule has 0 saturated carbocycles. The average molecular weight is 283 g/mol. The van der Waals surface area contributed by atoms with Crippen molar-refractivity contribution in [2.24, 2.45) is 0 Å². The fourth-order valence-corrected chi connectivity index (χ4v) is 2.76. The Morgan fingerprint density at radius 1 is 1.19 bits per heavy atom. The van der Waals surface area contributed by atoms with Gasteiger partial charge in [0.05, 0.1) is 7.11 Å². The van der Waals surface area contributed by atoms with Crippen molar-refractivity contribution in [3.05, 3.63) is 59.2 Å². The summed E-state index contributed by atoms with van der Waals surface area (Å²) in [6.07, 6.45) is 1.70. The number of amides is 1. The normalized spacial score (nSPS) is 13.8. The Kier molecular flexibility index (Phi) is 3.52. The highest BCUT2D eigenvalue weighted by Crippen LogP contribution is 2.27. The first-order valence-corrected chi connectivity index (χ1v) is 6.92. The molecule has 21 heavy (non-hydrogen) atoms. The molecular formula is C17H17NO3. The molecule has 0 saturated heterocycles. The molecule has 108 valence electrons. The van der Waals surface area contributed by atoms with Gasteiger partial charge in [0.1, 0.15) is 0 Å². The summed E-state index contributed by atoms with van der Waals surface area (Å²) in [7, 11) is 1.48. The van der Waals surface area contributed by atoms with Crippen LogP contribution in [0.2, 0.25) is 0 Å². The number of hydrogen-bond donors (Lipinski definition) is 2. The van der Waals surface area contributed by atoms with Crippen LogP contribution in [0, 0.1) is 0 Å². The topological polar surface area (TPSA) is 58.6 Å². The Labute approximate surface area is 123 Å². The zero-order chi connectivity index (χ0) is 14.8. The van der Waals surface area contributed by atoms with Crippen LogP contribution >= 0.6 is 0 Å². The summed E-state index contributed by atoms with van der Waals surface area (Å²) in [5.74, 6) is 0.158. The largest absolute Gasteiger partial charge is 0.504 e. The van der Waals surface area contributed by atoms with Gasteiger partial charge < -0.3 is 15.2 Å². The second-order valence-corrected chi connectivity index (χ2v) is 5.23. The van der Waals surface area contributed by atoms with Gasteiger partial charge in [-0.05, 0) is 42.2 Å². The molecule has 0 spiro atoms. The van der Waals surface area contributed by atoms with Gasteiger partial charge >= 0.3 is 0 Å². The third-order valence-corrected chi connectivity index (χ3v) is 3.83. The van der Waals surface area contributed by atoms with Crippen molar-refractivity contribution in [2.75, 3.05) is 7.11 Å². The number of nitrogens with one attached hydrogen (secondary N) is 1. The van der Waals surface area contributed by atoms with Crippen LogP contribution in [0.1, 0.15) is 21.5 Å². The molecule has 2 aromatic carbocycles. The van der Waals surface area contributed by atoms with Crippen molar-refractivity contribution in [3.8, 4) is 11.5 Å². The minimum Gasteiger partial charge on any atom is -0.504 e. The van der Waals surface area contributed by atoms with Crippen LogP contribution in [-0.4, -0.2) is 24.2 Å². The van der Waals surface area contributed by atoms with Crippen molar-refractivity contribution >= 4 is 5.91 Å². The lowest BCUT2D eigenvalue weighted by Gasteiger charge is -2.12. The Morgan fingerprint density at radius 2 is 1.86 bits per heavy atom. The molecule has 0 unspecified atom stereocenters. The number of carbonyl (C=O) groups excluding carboxylic acids is 1. The van der Waals surface area contributed by atoms with Crippen LogP contribution in [0.3, 0.4) is 0 Å². The van der Waals surface area contributed by atoms with E-state index in [-0.39, 0.29) is 17.7 Å². The van der Waals surface area contributed by atoms with Crippen molar-refractivity contribution in [2.45, 2.75) is 18.9 Å². The monoisotopic (exact) mass is 283 g/mol. The minimum atomic E-state index is -0.175. The SMILES string of the molecule is COc1ccc(C(=O)NC2Cc3ccccc3C2)cc1O. The summed E-state index contributed by atoms with van der Waals surface area (Å²) in [6.45, 7) is 0. The number of ether oxygens (including phenoxy) is 1. The molecule has 1 aliphatic carbocycles. The fourth-order valence-electron chi connectivity index (χ4n) is 2.76. The number of benzene rings is 2. The number of carbonyl (C=O) groups is 1. The van der Waals surface area contributed by atoms with Gasteiger partial charge in [-0.15, -0.1) is 0 Å². The summed E-state index contributed by atoms with van der Waals surface area (Å²) in [5.41, 5.74) is 3.02. The van der Waals surface area contributed by atoms with E-state index in [4.69, 9.17) is 4.74 Å². The fraction of sp³-hybridized carbons (Fsp3) is 0.235. The zero-order valence-corrected chi connectivity index (χ0v) is 11.8. The first-order chi connectivity index (χ1) is 10.2. The minimum absolute atomic E-state index is 0.0279. The van der Waals surface area contributed by atoms with Gasteiger partial charge in [-0.1, -0.05) is 24.3 Å². The smallest absolute Gasteiger partial charge is 0.251 e. The molecule has 1 aliphatic rings. The number of fused-ring (bicyclic) bond motifs is 1. The van der Waals surface area contributed by atoms with E-state index in [2.05, 4.69) is 17.4 Å². The Bertz CT molecular complexity index is 656. The van der Waals surface area contributed by atoms with Gasteiger partial charge in [0.25, 0.3) is 5.91 Å². The van der Waals surface area contributed by atoms with Crippen LogP contribution in [0.25, 0.3) is 0 Å². The second kappa shape index (κ2) is 5.48. The van der Waals surface area contributed by atoms with Crippen LogP contribution in [0.15, 0.2) is 42.5 Å². The molecule has 2 N–H and O–H groups in total. The zero-order valence-electron chi connectivity index (χ0n) is 11.8. The van der Waals surface area contributed by atoms with E-state index in [1.54, 1.807) is 12.1 Å². The highest BCUT2D eigenvalue weighted by molar-refractivity contribution is 5.95.